The Hall–Kier alpha value is -1.36. The van der Waals surface area contributed by atoms with E-state index in [4.69, 9.17) is 16.3 Å². The summed E-state index contributed by atoms with van der Waals surface area (Å²) in [6.45, 7) is 0. The zero-order valence-corrected chi connectivity index (χ0v) is 9.31. The van der Waals surface area contributed by atoms with Crippen LogP contribution in [-0.2, 0) is 0 Å². The van der Waals surface area contributed by atoms with Gasteiger partial charge in [0.15, 0.2) is 0 Å². The molecule has 0 unspecified atom stereocenters. The van der Waals surface area contributed by atoms with Gasteiger partial charge in [0.1, 0.15) is 11.3 Å². The van der Waals surface area contributed by atoms with Crippen LogP contribution < -0.4 is 4.74 Å². The van der Waals surface area contributed by atoms with Crippen LogP contribution in [0.4, 0.5) is 5.69 Å². The molecule has 1 aliphatic rings. The molecule has 2 rings (SSSR count). The fourth-order valence-corrected chi connectivity index (χ4v) is 1.97. The number of hydrogen-bond acceptors (Lipinski definition) is 4. The van der Waals surface area contributed by atoms with Crippen molar-refractivity contribution >= 4 is 17.3 Å². The lowest BCUT2D eigenvalue weighted by Crippen LogP contribution is -2.12. The fraction of sp³-hybridized carbons (Fsp3) is 0.500. The maximum atomic E-state index is 10.7. The van der Waals surface area contributed by atoms with Crippen LogP contribution in [0.5, 0.6) is 5.75 Å². The van der Waals surface area contributed by atoms with Crippen LogP contribution in [0.15, 0.2) is 12.3 Å². The lowest BCUT2D eigenvalue weighted by atomic mass is 10.3. The molecule has 0 aromatic carbocycles. The summed E-state index contributed by atoms with van der Waals surface area (Å²) in [5.41, 5.74) is -0.128. The first-order chi connectivity index (χ1) is 7.66. The van der Waals surface area contributed by atoms with Crippen molar-refractivity contribution in [2.75, 3.05) is 0 Å². The molecule has 6 heteroatoms. The molecule has 0 radical (unpaired) electrons. The molecule has 5 nitrogen and oxygen atoms in total. The van der Waals surface area contributed by atoms with Gasteiger partial charge >= 0.3 is 5.69 Å². The highest BCUT2D eigenvalue weighted by Gasteiger charge is 2.22. The van der Waals surface area contributed by atoms with Crippen LogP contribution >= 0.6 is 11.6 Å². The predicted molar refractivity (Wildman–Crippen MR) is 58.8 cm³/mol. The normalized spacial score (nSPS) is 16.3. The van der Waals surface area contributed by atoms with Gasteiger partial charge in [-0.1, -0.05) is 11.6 Å². The molecular formula is C10H11ClN2O3. The number of nitrogens with zero attached hydrogens (tertiary/aromatic N) is 2. The molecule has 1 saturated carbocycles. The van der Waals surface area contributed by atoms with Gasteiger partial charge in [0.05, 0.1) is 11.0 Å². The largest absolute Gasteiger partial charge is 0.483 e. The van der Waals surface area contributed by atoms with Gasteiger partial charge in [-0.2, -0.15) is 0 Å². The smallest absolute Gasteiger partial charge is 0.329 e. The second-order valence-electron chi connectivity index (χ2n) is 3.76. The van der Waals surface area contributed by atoms with E-state index in [0.29, 0.717) is 0 Å². The van der Waals surface area contributed by atoms with Crippen LogP contribution in [0.25, 0.3) is 0 Å². The number of pyridine rings is 1. The van der Waals surface area contributed by atoms with Crippen LogP contribution in [-0.4, -0.2) is 16.0 Å². The molecular weight excluding hydrogens is 232 g/mol. The van der Waals surface area contributed by atoms with Gasteiger partial charge in [-0.15, -0.1) is 0 Å². The molecule has 0 amide bonds. The van der Waals surface area contributed by atoms with E-state index < -0.39 is 4.92 Å². The highest BCUT2D eigenvalue weighted by atomic mass is 35.5. The standard InChI is InChI=1S/C10H11ClN2O3/c11-10-5-9(8(6-12-10)13(14)15)16-7-3-1-2-4-7/h5-7H,1-4H2. The molecule has 0 N–H and O–H groups in total. The minimum Gasteiger partial charge on any atom is -0.483 e. The summed E-state index contributed by atoms with van der Waals surface area (Å²) in [6, 6.07) is 1.40. The van der Waals surface area contributed by atoms with E-state index in [0.717, 1.165) is 31.9 Å². The molecule has 1 aliphatic carbocycles. The van der Waals surface area contributed by atoms with Crippen molar-refractivity contribution in [2.24, 2.45) is 0 Å². The van der Waals surface area contributed by atoms with Crippen LogP contribution in [0.3, 0.4) is 0 Å². The minimum absolute atomic E-state index is 0.0668. The second kappa shape index (κ2) is 4.65. The van der Waals surface area contributed by atoms with Crippen molar-refractivity contribution in [3.8, 4) is 5.75 Å². The van der Waals surface area contributed by atoms with Crippen molar-refractivity contribution in [3.05, 3.63) is 27.5 Å². The lowest BCUT2D eigenvalue weighted by molar-refractivity contribution is -0.386. The zero-order chi connectivity index (χ0) is 11.5. The predicted octanol–water partition coefficient (Wildman–Crippen LogP) is 2.96. The van der Waals surface area contributed by atoms with Gasteiger partial charge in [0, 0.05) is 6.07 Å². The number of rotatable bonds is 3. The van der Waals surface area contributed by atoms with E-state index in [1.807, 2.05) is 0 Å². The Labute approximate surface area is 97.5 Å². The number of halogens is 1. The molecule has 0 spiro atoms. The summed E-state index contributed by atoms with van der Waals surface area (Å²) in [4.78, 5) is 13.9. The first-order valence-corrected chi connectivity index (χ1v) is 5.51. The third-order valence-electron chi connectivity index (χ3n) is 2.61. The molecule has 86 valence electrons. The summed E-state index contributed by atoms with van der Waals surface area (Å²) < 4.78 is 5.58. The third-order valence-corrected chi connectivity index (χ3v) is 2.81. The van der Waals surface area contributed by atoms with Gasteiger partial charge in [-0.3, -0.25) is 10.1 Å². The van der Waals surface area contributed by atoms with E-state index in [1.165, 1.54) is 6.07 Å². The Balaban J connectivity index is 2.22. The van der Waals surface area contributed by atoms with Gasteiger partial charge in [-0.25, -0.2) is 4.98 Å². The lowest BCUT2D eigenvalue weighted by Gasteiger charge is -2.12. The third kappa shape index (κ3) is 2.41. The van der Waals surface area contributed by atoms with Gasteiger partial charge in [-0.05, 0) is 25.7 Å². The Morgan fingerprint density at radius 1 is 1.50 bits per heavy atom. The van der Waals surface area contributed by atoms with Crippen molar-refractivity contribution < 1.29 is 9.66 Å². The topological polar surface area (TPSA) is 65.3 Å². The number of nitro groups is 1. The second-order valence-corrected chi connectivity index (χ2v) is 4.14. The average molecular weight is 243 g/mol. The molecule has 16 heavy (non-hydrogen) atoms. The Bertz CT molecular complexity index is 405. The summed E-state index contributed by atoms with van der Waals surface area (Å²) in [6.07, 6.45) is 5.30. The molecule has 1 fully saturated rings. The average Bonchev–Trinajstić information content (AvgIpc) is 2.70. The first-order valence-electron chi connectivity index (χ1n) is 5.13. The molecule has 0 bridgehead atoms. The van der Waals surface area contributed by atoms with Gasteiger partial charge < -0.3 is 4.74 Å². The highest BCUT2D eigenvalue weighted by Crippen LogP contribution is 2.32. The molecule has 1 heterocycles. The number of hydrogen-bond donors (Lipinski definition) is 0. The Kier molecular flexibility index (Phi) is 3.24. The van der Waals surface area contributed by atoms with Crippen LogP contribution in [0.1, 0.15) is 25.7 Å². The molecule has 1 aromatic rings. The zero-order valence-electron chi connectivity index (χ0n) is 8.56. The fourth-order valence-electron chi connectivity index (χ4n) is 1.82. The minimum atomic E-state index is -0.506. The molecule has 1 aromatic heterocycles. The molecule has 0 aliphatic heterocycles. The van der Waals surface area contributed by atoms with E-state index in [9.17, 15) is 10.1 Å². The Morgan fingerprint density at radius 2 is 2.19 bits per heavy atom. The summed E-state index contributed by atoms with van der Waals surface area (Å²) >= 11 is 5.69. The van der Waals surface area contributed by atoms with E-state index in [-0.39, 0.29) is 22.7 Å². The van der Waals surface area contributed by atoms with Crippen LogP contribution in [0, 0.1) is 10.1 Å². The first kappa shape index (κ1) is 11.1. The van der Waals surface area contributed by atoms with E-state index in [2.05, 4.69) is 4.98 Å². The van der Waals surface area contributed by atoms with Gasteiger partial charge in [0.2, 0.25) is 5.75 Å². The van der Waals surface area contributed by atoms with Crippen molar-refractivity contribution in [3.63, 3.8) is 0 Å². The maximum absolute atomic E-state index is 10.7. The van der Waals surface area contributed by atoms with Crippen molar-refractivity contribution in [1.82, 2.24) is 4.98 Å². The summed E-state index contributed by atoms with van der Waals surface area (Å²) in [5.74, 6) is 0.219. The molecule has 0 atom stereocenters. The summed E-state index contributed by atoms with van der Waals surface area (Å²) in [7, 11) is 0. The SMILES string of the molecule is O=[N+]([O-])c1cnc(Cl)cc1OC1CCCC1. The monoisotopic (exact) mass is 242 g/mol. The van der Waals surface area contributed by atoms with Gasteiger partial charge in [0.25, 0.3) is 0 Å². The maximum Gasteiger partial charge on any atom is 0.329 e. The number of ether oxygens (including phenoxy) is 1. The highest BCUT2D eigenvalue weighted by molar-refractivity contribution is 6.29. The van der Waals surface area contributed by atoms with E-state index >= 15 is 0 Å². The van der Waals surface area contributed by atoms with Crippen molar-refractivity contribution in [2.45, 2.75) is 31.8 Å². The quantitative estimate of drug-likeness (QED) is 0.464. The van der Waals surface area contributed by atoms with Crippen LogP contribution in [0.2, 0.25) is 5.15 Å². The summed E-state index contributed by atoms with van der Waals surface area (Å²) in [5, 5.41) is 11.0. The molecule has 0 saturated heterocycles. The Morgan fingerprint density at radius 3 is 2.81 bits per heavy atom. The van der Waals surface area contributed by atoms with E-state index in [1.54, 1.807) is 0 Å². The number of aromatic nitrogens is 1. The van der Waals surface area contributed by atoms with Crippen molar-refractivity contribution in [1.29, 1.82) is 0 Å².